The molecule has 1 N–H and O–H groups in total. The minimum atomic E-state index is -1.63. The summed E-state index contributed by atoms with van der Waals surface area (Å²) < 4.78 is 3.55. The first-order chi connectivity index (χ1) is 6.52. The molecular weight excluding hydrogens is 232 g/mol. The Hall–Kier alpha value is -0.590. The van der Waals surface area contributed by atoms with E-state index in [1.165, 1.54) is 0 Å². The van der Waals surface area contributed by atoms with Gasteiger partial charge in [-0.25, -0.2) is 4.79 Å². The molecule has 14 heavy (non-hydrogen) atoms. The number of hydrogen-bond donors (Lipinski definition) is 1. The Kier molecular flexibility index (Phi) is 6.52. The van der Waals surface area contributed by atoms with Crippen LogP contribution in [0.15, 0.2) is 0 Å². The van der Waals surface area contributed by atoms with Gasteiger partial charge in [0.2, 0.25) is 0 Å². The van der Waals surface area contributed by atoms with Crippen molar-refractivity contribution in [1.82, 2.24) is 0 Å². The second-order valence-electron chi connectivity index (χ2n) is 2.08. The van der Waals surface area contributed by atoms with Gasteiger partial charge in [-0.3, -0.25) is 9.59 Å². The van der Waals surface area contributed by atoms with Gasteiger partial charge in [0.1, 0.15) is 0 Å². The number of carboxylic acids is 1. The van der Waals surface area contributed by atoms with E-state index < -0.39 is 21.9 Å². The number of ketones is 1. The lowest BCUT2D eigenvalue weighted by Gasteiger charge is -2.11. The van der Waals surface area contributed by atoms with Crippen molar-refractivity contribution in [3.05, 3.63) is 0 Å². The highest BCUT2D eigenvalue weighted by Gasteiger charge is 2.26. The lowest BCUT2D eigenvalue weighted by atomic mass is 10.5. The number of aldehydes is 1. The molecule has 0 rings (SSSR count). The SMILES string of the molecule is CCOC(C=O)SC(Cl)C(=O)C(=O)O. The third-order valence-electron chi connectivity index (χ3n) is 1.11. The first-order valence-corrected chi connectivity index (χ1v) is 5.04. The number of ether oxygens (including phenoxy) is 1. The molecule has 2 unspecified atom stereocenters. The molecule has 0 fully saturated rings. The molecule has 0 radical (unpaired) electrons. The monoisotopic (exact) mass is 240 g/mol. The Morgan fingerprint density at radius 1 is 1.64 bits per heavy atom. The highest BCUT2D eigenvalue weighted by atomic mass is 35.5. The number of Topliss-reactive ketones (excluding diaryl/α,β-unsaturated/α-hetero) is 1. The molecule has 0 saturated carbocycles. The third kappa shape index (κ3) is 4.59. The Bertz CT molecular complexity index is 232. The van der Waals surface area contributed by atoms with Crippen molar-refractivity contribution in [2.24, 2.45) is 0 Å². The average Bonchev–Trinajstić information content (AvgIpc) is 2.15. The van der Waals surface area contributed by atoms with E-state index in [9.17, 15) is 14.4 Å². The van der Waals surface area contributed by atoms with Crippen molar-refractivity contribution < 1.29 is 24.2 Å². The van der Waals surface area contributed by atoms with E-state index in [4.69, 9.17) is 21.4 Å². The number of aliphatic carboxylic acids is 1. The zero-order chi connectivity index (χ0) is 11.1. The van der Waals surface area contributed by atoms with E-state index in [1.54, 1.807) is 6.92 Å². The maximum absolute atomic E-state index is 10.8. The summed E-state index contributed by atoms with van der Waals surface area (Å²) in [5.41, 5.74) is -0.911. The van der Waals surface area contributed by atoms with E-state index in [0.717, 1.165) is 0 Å². The molecule has 0 aliphatic heterocycles. The van der Waals surface area contributed by atoms with E-state index in [1.807, 2.05) is 0 Å². The molecule has 0 bridgehead atoms. The van der Waals surface area contributed by atoms with Crippen LogP contribution in [0, 0.1) is 0 Å². The first-order valence-electron chi connectivity index (χ1n) is 3.66. The lowest BCUT2D eigenvalue weighted by molar-refractivity contribution is -0.148. The first kappa shape index (κ1) is 13.4. The van der Waals surface area contributed by atoms with Crippen LogP contribution in [-0.2, 0) is 19.1 Å². The van der Waals surface area contributed by atoms with Crippen molar-refractivity contribution in [3.63, 3.8) is 0 Å². The summed E-state index contributed by atoms with van der Waals surface area (Å²) in [5.74, 6) is -2.79. The summed E-state index contributed by atoms with van der Waals surface area (Å²) in [7, 11) is 0. The zero-order valence-electron chi connectivity index (χ0n) is 7.31. The molecule has 7 heteroatoms. The van der Waals surface area contributed by atoms with Crippen molar-refractivity contribution in [3.8, 4) is 0 Å². The van der Waals surface area contributed by atoms with Crippen LogP contribution in [-0.4, -0.2) is 39.9 Å². The van der Waals surface area contributed by atoms with E-state index in [0.29, 0.717) is 18.0 Å². The molecule has 0 aromatic carbocycles. The van der Waals surface area contributed by atoms with Gasteiger partial charge in [0, 0.05) is 6.61 Å². The number of hydrogen-bond acceptors (Lipinski definition) is 5. The summed E-state index contributed by atoms with van der Waals surface area (Å²) in [6.07, 6.45) is 0.457. The van der Waals surface area contributed by atoms with E-state index >= 15 is 0 Å². The summed E-state index contributed by atoms with van der Waals surface area (Å²) >= 11 is 6.08. The van der Waals surface area contributed by atoms with Crippen LogP contribution in [0.2, 0.25) is 0 Å². The Balaban J connectivity index is 4.14. The van der Waals surface area contributed by atoms with Gasteiger partial charge in [-0.15, -0.1) is 11.6 Å². The number of rotatable bonds is 7. The molecule has 0 aliphatic rings. The normalized spacial score (nSPS) is 14.4. The van der Waals surface area contributed by atoms with Gasteiger partial charge in [0.25, 0.3) is 5.78 Å². The molecule has 0 aromatic heterocycles. The number of alkyl halides is 1. The Labute approximate surface area is 89.7 Å². The van der Waals surface area contributed by atoms with Crippen molar-refractivity contribution in [1.29, 1.82) is 0 Å². The summed E-state index contributed by atoms with van der Waals surface area (Å²) in [4.78, 5) is 31.3. The van der Waals surface area contributed by atoms with Crippen LogP contribution in [0.25, 0.3) is 0 Å². The van der Waals surface area contributed by atoms with Crippen LogP contribution in [0.4, 0.5) is 0 Å². The highest BCUT2D eigenvalue weighted by Crippen LogP contribution is 2.21. The molecule has 0 saturated heterocycles. The molecular formula is C7H9ClO5S. The second-order valence-corrected chi connectivity index (χ2v) is 3.98. The summed E-state index contributed by atoms with van der Waals surface area (Å²) in [6, 6.07) is 0. The maximum atomic E-state index is 10.8. The standard InChI is InChI=1S/C7H9ClO5S/c1-2-13-4(3-9)14-6(8)5(10)7(11)12/h3-4,6H,2H2,1H3,(H,11,12). The van der Waals surface area contributed by atoms with Gasteiger partial charge >= 0.3 is 5.97 Å². The number of halogens is 1. The van der Waals surface area contributed by atoms with Crippen molar-refractivity contribution >= 4 is 41.4 Å². The molecule has 0 amide bonds. The van der Waals surface area contributed by atoms with Crippen LogP contribution < -0.4 is 0 Å². The van der Waals surface area contributed by atoms with Crippen LogP contribution in [0.5, 0.6) is 0 Å². The van der Waals surface area contributed by atoms with E-state index in [2.05, 4.69) is 0 Å². The minimum Gasteiger partial charge on any atom is -0.475 e. The predicted molar refractivity (Wildman–Crippen MR) is 51.4 cm³/mol. The van der Waals surface area contributed by atoms with Crippen LogP contribution in [0.3, 0.4) is 0 Å². The fourth-order valence-corrected chi connectivity index (χ4v) is 1.69. The zero-order valence-corrected chi connectivity index (χ0v) is 8.88. The number of carbonyl (C=O) groups is 3. The van der Waals surface area contributed by atoms with Crippen molar-refractivity contribution in [2.45, 2.75) is 17.1 Å². The molecule has 2 atom stereocenters. The smallest absolute Gasteiger partial charge is 0.374 e. The molecule has 0 aromatic rings. The largest absolute Gasteiger partial charge is 0.475 e. The molecule has 0 heterocycles. The van der Waals surface area contributed by atoms with Gasteiger partial charge in [-0.1, -0.05) is 11.8 Å². The van der Waals surface area contributed by atoms with Crippen LogP contribution in [0.1, 0.15) is 6.92 Å². The predicted octanol–water partition coefficient (Wildman–Crippen LogP) is 0.500. The quantitative estimate of drug-likeness (QED) is 0.302. The fraction of sp³-hybridized carbons (Fsp3) is 0.571. The van der Waals surface area contributed by atoms with E-state index in [-0.39, 0.29) is 6.61 Å². The lowest BCUT2D eigenvalue weighted by Crippen LogP contribution is -2.24. The molecule has 0 aliphatic carbocycles. The average molecular weight is 241 g/mol. The van der Waals surface area contributed by atoms with Gasteiger partial charge in [-0.2, -0.15) is 0 Å². The number of carboxylic acid groups (broad SMARTS) is 1. The van der Waals surface area contributed by atoms with Gasteiger partial charge in [0.15, 0.2) is 16.4 Å². The summed E-state index contributed by atoms with van der Waals surface area (Å²) in [5, 5.41) is 8.29. The van der Waals surface area contributed by atoms with Gasteiger partial charge < -0.3 is 9.84 Å². The third-order valence-corrected chi connectivity index (χ3v) is 2.59. The van der Waals surface area contributed by atoms with Crippen molar-refractivity contribution in [2.75, 3.05) is 6.61 Å². The van der Waals surface area contributed by atoms with Gasteiger partial charge in [0.05, 0.1) is 0 Å². The highest BCUT2D eigenvalue weighted by molar-refractivity contribution is 8.02. The molecule has 0 spiro atoms. The molecule has 5 nitrogen and oxygen atoms in total. The minimum absolute atomic E-state index is 0.279. The maximum Gasteiger partial charge on any atom is 0.374 e. The van der Waals surface area contributed by atoms with Crippen LogP contribution >= 0.6 is 23.4 Å². The fourth-order valence-electron chi connectivity index (χ4n) is 0.552. The van der Waals surface area contributed by atoms with Gasteiger partial charge in [-0.05, 0) is 6.92 Å². The Morgan fingerprint density at radius 3 is 2.57 bits per heavy atom. The number of carbonyl (C=O) groups excluding carboxylic acids is 2. The Morgan fingerprint density at radius 2 is 2.21 bits per heavy atom. The second kappa shape index (κ2) is 6.80. The number of thioether (sulfide) groups is 1. The molecule has 80 valence electrons. The topological polar surface area (TPSA) is 80.7 Å². The summed E-state index contributed by atoms with van der Waals surface area (Å²) in [6.45, 7) is 1.95.